The van der Waals surface area contributed by atoms with Crippen LogP contribution < -0.4 is 5.11 Å². The average Bonchev–Trinajstić information content (AvgIpc) is 1.60. The van der Waals surface area contributed by atoms with Gasteiger partial charge in [-0.3, -0.25) is 4.57 Å². The van der Waals surface area contributed by atoms with E-state index in [0.29, 0.717) is 0 Å². The van der Waals surface area contributed by atoms with Crippen LogP contribution in [0.2, 0.25) is 0 Å². The molecule has 10 heavy (non-hydrogen) atoms. The number of hydrogen-bond donors (Lipinski definition) is 2. The van der Waals surface area contributed by atoms with E-state index in [1.165, 1.54) is 0 Å². The van der Waals surface area contributed by atoms with E-state index in [0.717, 1.165) is 0 Å². The second-order valence-electron chi connectivity index (χ2n) is 1.71. The average molecular weight is 165 g/mol. The first kappa shape index (κ1) is 9.36. The smallest absolute Gasteiger partial charge is 0.329 e. The molecule has 0 atom stereocenters. The first-order valence-corrected chi connectivity index (χ1v) is 4.06. The molecule has 6 heteroatoms. The number of carbonyl (C=O) groups excluding carboxylic acids is 1. The van der Waals surface area contributed by atoms with E-state index in [1.54, 1.807) is 0 Å². The zero-order valence-corrected chi connectivity index (χ0v) is 5.88. The Morgan fingerprint density at radius 3 is 2.10 bits per heavy atom. The molecule has 0 rings (SSSR count). The van der Waals surface area contributed by atoms with Crippen LogP contribution in [0.1, 0.15) is 0 Å². The van der Waals surface area contributed by atoms with Gasteiger partial charge in [0.25, 0.3) is 0 Å². The Bertz CT molecular complexity index is 202. The number of carboxylic acids is 1. The van der Waals surface area contributed by atoms with Crippen molar-refractivity contribution in [3.05, 3.63) is 12.2 Å². The third kappa shape index (κ3) is 4.26. The Balaban J connectivity index is 4.07. The van der Waals surface area contributed by atoms with Crippen LogP contribution in [0.3, 0.4) is 0 Å². The van der Waals surface area contributed by atoms with Crippen molar-refractivity contribution in [2.45, 2.75) is 0 Å². The van der Waals surface area contributed by atoms with Gasteiger partial charge in [-0.1, -0.05) is 6.58 Å². The third-order valence-corrected chi connectivity index (χ3v) is 1.48. The molecule has 58 valence electrons. The van der Waals surface area contributed by atoms with Crippen molar-refractivity contribution in [2.75, 3.05) is 6.16 Å². The first-order valence-electron chi connectivity index (χ1n) is 2.26. The van der Waals surface area contributed by atoms with Crippen molar-refractivity contribution in [2.24, 2.45) is 0 Å². The predicted molar refractivity (Wildman–Crippen MR) is 31.1 cm³/mol. The van der Waals surface area contributed by atoms with Crippen LogP contribution in [-0.2, 0) is 9.36 Å². The van der Waals surface area contributed by atoms with Crippen LogP contribution in [0.5, 0.6) is 0 Å². The molecule has 2 N–H and O–H groups in total. The highest BCUT2D eigenvalue weighted by molar-refractivity contribution is 7.52. The number of rotatable bonds is 3. The molecule has 0 spiro atoms. The van der Waals surface area contributed by atoms with E-state index in [2.05, 4.69) is 6.58 Å². The third-order valence-electron chi connectivity index (χ3n) is 0.686. The van der Waals surface area contributed by atoms with E-state index in [9.17, 15) is 14.5 Å². The van der Waals surface area contributed by atoms with E-state index in [1.807, 2.05) is 0 Å². The fourth-order valence-electron chi connectivity index (χ4n) is 0.313. The molecule has 0 aromatic carbocycles. The summed E-state index contributed by atoms with van der Waals surface area (Å²) >= 11 is 0. The van der Waals surface area contributed by atoms with Gasteiger partial charge in [0.2, 0.25) is 0 Å². The summed E-state index contributed by atoms with van der Waals surface area (Å²) < 4.78 is 10.1. The summed E-state index contributed by atoms with van der Waals surface area (Å²) in [4.78, 5) is 26.2. The molecule has 0 heterocycles. The summed E-state index contributed by atoms with van der Waals surface area (Å²) in [5.41, 5.74) is -0.590. The minimum atomic E-state index is -4.30. The number of carbonyl (C=O) groups is 1. The number of aliphatic carboxylic acids is 1. The SMILES string of the molecule is C=C(CP(=O)(O)O)C(=O)[O-]. The van der Waals surface area contributed by atoms with Crippen LogP contribution >= 0.6 is 7.60 Å². The van der Waals surface area contributed by atoms with Crippen LogP contribution in [0, 0.1) is 0 Å². The zero-order valence-electron chi connectivity index (χ0n) is 4.98. The lowest BCUT2D eigenvalue weighted by atomic mass is 10.4. The second kappa shape index (κ2) is 2.96. The molecule has 0 saturated heterocycles. The highest BCUT2D eigenvalue weighted by Crippen LogP contribution is 2.35. The Kier molecular flexibility index (Phi) is 2.77. The van der Waals surface area contributed by atoms with E-state index in [-0.39, 0.29) is 0 Å². The van der Waals surface area contributed by atoms with Crippen molar-refractivity contribution in [1.82, 2.24) is 0 Å². The highest BCUT2D eigenvalue weighted by Gasteiger charge is 2.14. The molecule has 0 saturated carbocycles. The van der Waals surface area contributed by atoms with Crippen molar-refractivity contribution in [3.63, 3.8) is 0 Å². The Labute approximate surface area is 57.2 Å². The molecule has 0 aliphatic heterocycles. The summed E-state index contributed by atoms with van der Waals surface area (Å²) in [6.45, 7) is 2.89. The normalized spacial score (nSPS) is 11.0. The van der Waals surface area contributed by atoms with Gasteiger partial charge in [-0.25, -0.2) is 0 Å². The monoisotopic (exact) mass is 165 g/mol. The van der Waals surface area contributed by atoms with Gasteiger partial charge < -0.3 is 19.7 Å². The summed E-state index contributed by atoms with van der Waals surface area (Å²) in [7, 11) is -4.30. The molecule has 0 amide bonds. The van der Waals surface area contributed by atoms with Gasteiger partial charge in [0.1, 0.15) is 0 Å². The standard InChI is InChI=1S/C4H7O5P/c1-3(4(5)6)2-10(7,8)9/h1-2H2,(H,5,6)(H2,7,8,9)/p-1. The van der Waals surface area contributed by atoms with Crippen molar-refractivity contribution in [3.8, 4) is 0 Å². The largest absolute Gasteiger partial charge is 0.545 e. The molecule has 0 aromatic heterocycles. The maximum atomic E-state index is 10.1. The van der Waals surface area contributed by atoms with Crippen LogP contribution in [0.4, 0.5) is 0 Å². The molecule has 0 unspecified atom stereocenters. The number of carboxylic acid groups (broad SMARTS) is 1. The Morgan fingerprint density at radius 2 is 2.00 bits per heavy atom. The maximum absolute atomic E-state index is 10.1. The topological polar surface area (TPSA) is 97.7 Å². The fraction of sp³-hybridized carbons (Fsp3) is 0.250. The molecule has 0 bridgehead atoms. The van der Waals surface area contributed by atoms with Gasteiger partial charge in [-0.2, -0.15) is 0 Å². The molecular formula is C4H6O5P-. The molecule has 0 aliphatic carbocycles. The molecule has 0 radical (unpaired) electrons. The van der Waals surface area contributed by atoms with Gasteiger partial charge in [-0.05, 0) is 5.57 Å². The Hall–Kier alpha value is -0.640. The minimum absolute atomic E-state index is 0.590. The Morgan fingerprint density at radius 1 is 1.60 bits per heavy atom. The van der Waals surface area contributed by atoms with E-state index in [4.69, 9.17) is 9.79 Å². The molecule has 5 nitrogen and oxygen atoms in total. The van der Waals surface area contributed by atoms with Gasteiger partial charge in [0.15, 0.2) is 0 Å². The molecule has 0 aromatic rings. The predicted octanol–water partition coefficient (Wildman–Crippen LogP) is -1.53. The lowest BCUT2D eigenvalue weighted by molar-refractivity contribution is -0.299. The summed E-state index contributed by atoms with van der Waals surface area (Å²) in [5, 5.41) is 9.82. The van der Waals surface area contributed by atoms with Crippen LogP contribution in [0.25, 0.3) is 0 Å². The van der Waals surface area contributed by atoms with Crippen LogP contribution in [0.15, 0.2) is 12.2 Å². The van der Waals surface area contributed by atoms with Crippen LogP contribution in [-0.4, -0.2) is 21.9 Å². The molecule has 0 fully saturated rings. The fourth-order valence-corrected chi connectivity index (χ4v) is 0.940. The zero-order chi connectivity index (χ0) is 8.36. The summed E-state index contributed by atoms with van der Waals surface area (Å²) in [5.74, 6) is -1.64. The van der Waals surface area contributed by atoms with Gasteiger partial charge in [0, 0.05) is 0 Å². The quantitative estimate of drug-likeness (QED) is 0.390. The minimum Gasteiger partial charge on any atom is -0.545 e. The van der Waals surface area contributed by atoms with E-state index < -0.39 is 25.3 Å². The van der Waals surface area contributed by atoms with Crippen molar-refractivity contribution < 1.29 is 24.3 Å². The lowest BCUT2D eigenvalue weighted by Gasteiger charge is -2.06. The summed E-state index contributed by atoms with van der Waals surface area (Å²) in [6.07, 6.45) is -0.852. The second-order valence-corrected chi connectivity index (χ2v) is 3.36. The first-order chi connectivity index (χ1) is 4.33. The van der Waals surface area contributed by atoms with Gasteiger partial charge >= 0.3 is 7.60 Å². The van der Waals surface area contributed by atoms with Gasteiger partial charge in [-0.15, -0.1) is 0 Å². The highest BCUT2D eigenvalue weighted by atomic mass is 31.2. The molecule has 0 aliphatic rings. The molecular weight excluding hydrogens is 159 g/mol. The summed E-state index contributed by atoms with van der Waals surface area (Å²) in [6, 6.07) is 0. The lowest BCUT2D eigenvalue weighted by Crippen LogP contribution is -2.25. The van der Waals surface area contributed by atoms with E-state index >= 15 is 0 Å². The van der Waals surface area contributed by atoms with Gasteiger partial charge in [0.05, 0.1) is 12.1 Å². The van der Waals surface area contributed by atoms with Crippen molar-refractivity contribution >= 4 is 13.6 Å². The number of hydrogen-bond acceptors (Lipinski definition) is 3. The van der Waals surface area contributed by atoms with Crippen molar-refractivity contribution in [1.29, 1.82) is 0 Å². The maximum Gasteiger partial charge on any atom is 0.329 e.